The molecule has 0 unspecified atom stereocenters. The predicted octanol–water partition coefficient (Wildman–Crippen LogP) is 3.86. The Morgan fingerprint density at radius 3 is 2.16 bits per heavy atom. The van der Waals surface area contributed by atoms with Crippen LogP contribution in [0.25, 0.3) is 11.4 Å². The van der Waals surface area contributed by atoms with Crippen LogP contribution in [0.5, 0.6) is 0 Å². The van der Waals surface area contributed by atoms with Gasteiger partial charge in [0.15, 0.2) is 5.69 Å². The number of hydrogen-bond acceptors (Lipinski definition) is 2. The van der Waals surface area contributed by atoms with E-state index in [-0.39, 0.29) is 11.4 Å². The minimum atomic E-state index is -4.58. The van der Waals surface area contributed by atoms with Gasteiger partial charge in [-0.25, -0.2) is 13.8 Å². The van der Waals surface area contributed by atoms with Crippen molar-refractivity contribution < 1.29 is 31.9 Å². The molecule has 1 aliphatic carbocycles. The van der Waals surface area contributed by atoms with Crippen molar-refractivity contribution in [3.05, 3.63) is 41.7 Å². The molecule has 1 aromatic heterocycles. The van der Waals surface area contributed by atoms with Crippen LogP contribution in [0, 0.1) is 0 Å². The zero-order valence-electron chi connectivity index (χ0n) is 12.9. The van der Waals surface area contributed by atoms with Crippen molar-refractivity contribution in [2.24, 2.45) is 7.05 Å². The maximum absolute atomic E-state index is 13.2. The van der Waals surface area contributed by atoms with Crippen LogP contribution in [-0.4, -0.2) is 26.5 Å². The minimum absolute atomic E-state index is 0.0437. The first-order valence-electron chi connectivity index (χ1n) is 7.27. The molecule has 0 atom stereocenters. The van der Waals surface area contributed by atoms with Gasteiger partial charge >= 0.3 is 12.1 Å². The van der Waals surface area contributed by atoms with E-state index >= 15 is 0 Å². The van der Waals surface area contributed by atoms with Crippen molar-refractivity contribution >= 4 is 5.97 Å². The smallest absolute Gasteiger partial charge is 0.434 e. The number of aromatic nitrogens is 2. The summed E-state index contributed by atoms with van der Waals surface area (Å²) in [5, 5.41) is 9.32. The van der Waals surface area contributed by atoms with Crippen molar-refractivity contribution in [2.45, 2.75) is 30.4 Å². The van der Waals surface area contributed by atoms with Gasteiger partial charge in [-0.15, -0.1) is 0 Å². The molecule has 2 aromatic rings. The number of benzene rings is 1. The minimum Gasteiger partial charge on any atom is -0.481 e. The summed E-state index contributed by atoms with van der Waals surface area (Å²) in [4.78, 5) is 15.0. The summed E-state index contributed by atoms with van der Waals surface area (Å²) in [6.07, 6.45) is -5.33. The fourth-order valence-electron chi connectivity index (χ4n) is 3.12. The molecule has 0 saturated heterocycles. The first-order chi connectivity index (χ1) is 11.4. The lowest BCUT2D eigenvalue weighted by Gasteiger charge is -2.44. The molecule has 0 spiro atoms. The van der Waals surface area contributed by atoms with Crippen LogP contribution in [0.1, 0.15) is 24.1 Å². The summed E-state index contributed by atoms with van der Waals surface area (Å²) in [5.41, 5.74) is -2.19. The highest BCUT2D eigenvalue weighted by Crippen LogP contribution is 2.53. The van der Waals surface area contributed by atoms with Gasteiger partial charge in [0.1, 0.15) is 11.2 Å². The second-order valence-corrected chi connectivity index (χ2v) is 6.23. The number of carboxylic acid groups (broad SMARTS) is 1. The van der Waals surface area contributed by atoms with Crippen LogP contribution in [-0.2, 0) is 23.4 Å². The number of nitrogens with zero attached hydrogens (tertiary/aromatic N) is 2. The fraction of sp³-hybridized carbons (Fsp3) is 0.375. The molecule has 1 aromatic carbocycles. The van der Waals surface area contributed by atoms with Gasteiger partial charge in [-0.1, -0.05) is 24.3 Å². The third-order valence-electron chi connectivity index (χ3n) is 4.39. The third-order valence-corrected chi connectivity index (χ3v) is 4.39. The van der Waals surface area contributed by atoms with Gasteiger partial charge in [0.25, 0.3) is 5.92 Å². The molecule has 3 rings (SSSR count). The Bertz CT molecular complexity index is 816. The van der Waals surface area contributed by atoms with E-state index in [2.05, 4.69) is 4.98 Å². The molecule has 9 heteroatoms. The Morgan fingerprint density at radius 1 is 1.20 bits per heavy atom. The van der Waals surface area contributed by atoms with E-state index in [1.165, 1.54) is 35.9 Å². The molecule has 0 aliphatic heterocycles. The second kappa shape index (κ2) is 5.27. The highest BCUT2D eigenvalue weighted by molar-refractivity contribution is 5.83. The number of rotatable bonds is 3. The van der Waals surface area contributed by atoms with E-state index < -0.39 is 42.0 Å². The first-order valence-corrected chi connectivity index (χ1v) is 7.27. The Balaban J connectivity index is 1.94. The summed E-state index contributed by atoms with van der Waals surface area (Å²) in [7, 11) is 1.40. The molecule has 0 amide bonds. The highest BCUT2D eigenvalue weighted by Gasteiger charge is 2.62. The summed E-state index contributed by atoms with van der Waals surface area (Å²) < 4.78 is 65.8. The zero-order chi connectivity index (χ0) is 18.6. The van der Waals surface area contributed by atoms with Crippen LogP contribution in [0.4, 0.5) is 22.0 Å². The summed E-state index contributed by atoms with van der Waals surface area (Å²) in [6.45, 7) is 0. The number of aryl methyl sites for hydroxylation is 1. The second-order valence-electron chi connectivity index (χ2n) is 6.23. The monoisotopic (exact) mass is 360 g/mol. The van der Waals surface area contributed by atoms with Gasteiger partial charge in [0.05, 0.1) is 0 Å². The average Bonchev–Trinajstić information content (AvgIpc) is 2.86. The van der Waals surface area contributed by atoms with Crippen molar-refractivity contribution in [1.29, 1.82) is 0 Å². The standard InChI is InChI=1S/C16H13F5N2O2/c1-23-6-11(16(19,20)21)22-12(23)9-2-4-10(5-3-9)14(13(24)25)7-15(17,18)8-14/h2-6H,7-8H2,1H3,(H,24,25). The van der Waals surface area contributed by atoms with E-state index in [1.807, 2.05) is 0 Å². The van der Waals surface area contributed by atoms with Crippen LogP contribution >= 0.6 is 0 Å². The molecule has 0 bridgehead atoms. The molecule has 1 fully saturated rings. The molecule has 4 nitrogen and oxygen atoms in total. The Kier molecular flexibility index (Phi) is 3.66. The van der Waals surface area contributed by atoms with Gasteiger partial charge in [-0.3, -0.25) is 4.79 Å². The maximum Gasteiger partial charge on any atom is 0.434 e. The molecule has 25 heavy (non-hydrogen) atoms. The van der Waals surface area contributed by atoms with Crippen LogP contribution in [0.3, 0.4) is 0 Å². The lowest BCUT2D eigenvalue weighted by molar-refractivity contribution is -0.174. The molecular weight excluding hydrogens is 347 g/mol. The van der Waals surface area contributed by atoms with Gasteiger partial charge in [0, 0.05) is 31.6 Å². The number of imidazole rings is 1. The largest absolute Gasteiger partial charge is 0.481 e. The van der Waals surface area contributed by atoms with E-state index in [0.29, 0.717) is 5.56 Å². The van der Waals surface area contributed by atoms with Crippen LogP contribution in [0.2, 0.25) is 0 Å². The number of hydrogen-bond donors (Lipinski definition) is 1. The molecule has 134 valence electrons. The first kappa shape index (κ1) is 17.4. The molecule has 1 N–H and O–H groups in total. The van der Waals surface area contributed by atoms with Gasteiger partial charge in [0.2, 0.25) is 0 Å². The third kappa shape index (κ3) is 2.87. The van der Waals surface area contributed by atoms with Crippen molar-refractivity contribution in [3.8, 4) is 11.4 Å². The number of aliphatic carboxylic acids is 1. The van der Waals surface area contributed by atoms with Crippen molar-refractivity contribution in [1.82, 2.24) is 9.55 Å². The van der Waals surface area contributed by atoms with Crippen molar-refractivity contribution in [2.75, 3.05) is 0 Å². The predicted molar refractivity (Wildman–Crippen MR) is 77.1 cm³/mol. The Labute approximate surface area is 138 Å². The summed E-state index contributed by atoms with van der Waals surface area (Å²) in [5.74, 6) is -4.33. The lowest BCUT2D eigenvalue weighted by atomic mass is 9.62. The molecule has 1 saturated carbocycles. The quantitative estimate of drug-likeness (QED) is 0.846. The lowest BCUT2D eigenvalue weighted by Crippen LogP contribution is -2.54. The van der Waals surface area contributed by atoms with Crippen LogP contribution < -0.4 is 0 Å². The van der Waals surface area contributed by atoms with Gasteiger partial charge in [-0.05, 0) is 5.56 Å². The number of halogens is 5. The van der Waals surface area contributed by atoms with Crippen LogP contribution in [0.15, 0.2) is 30.5 Å². The highest BCUT2D eigenvalue weighted by atomic mass is 19.4. The van der Waals surface area contributed by atoms with Gasteiger partial charge in [-0.2, -0.15) is 13.2 Å². The maximum atomic E-state index is 13.2. The van der Waals surface area contributed by atoms with E-state index in [0.717, 1.165) is 6.20 Å². The van der Waals surface area contributed by atoms with E-state index in [9.17, 15) is 31.9 Å². The molecule has 0 radical (unpaired) electrons. The molecular formula is C16H13F5N2O2. The summed E-state index contributed by atoms with van der Waals surface area (Å²) >= 11 is 0. The Morgan fingerprint density at radius 2 is 1.76 bits per heavy atom. The summed E-state index contributed by atoms with van der Waals surface area (Å²) in [6, 6.07) is 5.47. The fourth-order valence-corrected chi connectivity index (χ4v) is 3.12. The molecule has 1 aliphatic rings. The van der Waals surface area contributed by atoms with Gasteiger partial charge < -0.3 is 9.67 Å². The Hall–Kier alpha value is -2.45. The average molecular weight is 360 g/mol. The van der Waals surface area contributed by atoms with Crippen molar-refractivity contribution in [3.63, 3.8) is 0 Å². The number of carboxylic acids is 1. The molecule has 1 heterocycles. The number of carbonyl (C=O) groups is 1. The van der Waals surface area contributed by atoms with E-state index in [1.54, 1.807) is 0 Å². The van der Waals surface area contributed by atoms with E-state index in [4.69, 9.17) is 0 Å². The zero-order valence-corrected chi connectivity index (χ0v) is 12.9. The topological polar surface area (TPSA) is 55.1 Å². The number of alkyl halides is 5. The SMILES string of the molecule is Cn1cc(C(F)(F)F)nc1-c1ccc(C2(C(=O)O)CC(F)(F)C2)cc1. The normalized spacial score (nSPS) is 18.6.